The average molecular weight is 390 g/mol. The third-order valence-corrected chi connectivity index (χ3v) is 5.54. The quantitative estimate of drug-likeness (QED) is 0.557. The maximum absolute atomic E-state index is 12.2. The van der Waals surface area contributed by atoms with Crippen molar-refractivity contribution >= 4 is 17.4 Å². The third kappa shape index (κ3) is 4.59. The smallest absolute Gasteiger partial charge is 0.290 e. The Morgan fingerprint density at radius 1 is 1.21 bits per heavy atom. The van der Waals surface area contributed by atoms with E-state index in [9.17, 15) is 15.0 Å². The van der Waals surface area contributed by atoms with E-state index >= 15 is 0 Å². The van der Waals surface area contributed by atoms with E-state index in [1.54, 1.807) is 6.07 Å². The van der Waals surface area contributed by atoms with Crippen molar-refractivity contribution in [3.05, 3.63) is 46.2 Å². The summed E-state index contributed by atoms with van der Waals surface area (Å²) in [5.41, 5.74) is 1.52. The van der Waals surface area contributed by atoms with Crippen LogP contribution in [0, 0.1) is 0 Å². The number of fused-ring (bicyclic) bond motifs is 1. The Bertz CT molecular complexity index is 859. The van der Waals surface area contributed by atoms with Gasteiger partial charge in [-0.1, -0.05) is 12.1 Å². The minimum Gasteiger partial charge on any atom is -0.483 e. The number of aromatic amines is 1. The second-order valence-corrected chi connectivity index (χ2v) is 7.42. The summed E-state index contributed by atoms with van der Waals surface area (Å²) in [6.07, 6.45) is 0.682. The van der Waals surface area contributed by atoms with E-state index < -0.39 is 12.2 Å². The number of benzene rings is 1. The molecule has 4 rings (SSSR count). The zero-order valence-electron chi connectivity index (χ0n) is 15.6. The number of carboxylic acid groups (broad SMARTS) is 1. The van der Waals surface area contributed by atoms with Gasteiger partial charge in [0.25, 0.3) is 6.47 Å². The fourth-order valence-corrected chi connectivity index (χ4v) is 3.99. The van der Waals surface area contributed by atoms with Crippen LogP contribution in [0.2, 0.25) is 0 Å². The van der Waals surface area contributed by atoms with Crippen LogP contribution in [-0.2, 0) is 16.1 Å². The first-order chi connectivity index (χ1) is 13.5. The number of likely N-dealkylation sites (tertiary alicyclic amines) is 1. The predicted molar refractivity (Wildman–Crippen MR) is 103 cm³/mol. The van der Waals surface area contributed by atoms with Gasteiger partial charge in [-0.3, -0.25) is 14.5 Å². The third-order valence-electron chi connectivity index (χ3n) is 5.54. The van der Waals surface area contributed by atoms with Crippen molar-refractivity contribution in [2.45, 2.75) is 43.6 Å². The fourth-order valence-electron chi connectivity index (χ4n) is 3.99. The van der Waals surface area contributed by atoms with Gasteiger partial charge in [-0.05, 0) is 25.0 Å². The van der Waals surface area contributed by atoms with E-state index in [0.29, 0.717) is 18.4 Å². The fraction of sp³-hybridized carbons (Fsp3) is 0.500. The predicted octanol–water partition coefficient (Wildman–Crippen LogP) is 0.706. The number of para-hydroxylation sites is 1. The molecule has 4 N–H and O–H groups in total. The number of rotatable bonds is 2. The lowest BCUT2D eigenvalue weighted by atomic mass is 9.82. The van der Waals surface area contributed by atoms with Crippen molar-refractivity contribution in [1.82, 2.24) is 9.88 Å². The average Bonchev–Trinajstić information content (AvgIpc) is 2.68. The molecule has 0 bridgehead atoms. The van der Waals surface area contributed by atoms with E-state index in [1.807, 2.05) is 24.3 Å². The zero-order chi connectivity index (χ0) is 20.1. The molecule has 2 fully saturated rings. The van der Waals surface area contributed by atoms with E-state index in [4.69, 9.17) is 14.6 Å². The minimum absolute atomic E-state index is 0.0468. The molecule has 2 aliphatic rings. The number of nitrogens with one attached hydrogen (secondary N) is 1. The Kier molecular flexibility index (Phi) is 6.46. The Balaban J connectivity index is 0.000000706. The molecule has 152 valence electrons. The van der Waals surface area contributed by atoms with Gasteiger partial charge in [0.2, 0.25) is 0 Å². The molecule has 3 heterocycles. The number of carbonyl (C=O) groups is 1. The molecule has 0 amide bonds. The lowest BCUT2D eigenvalue weighted by molar-refractivity contribution is -0.188. The zero-order valence-corrected chi connectivity index (χ0v) is 15.6. The van der Waals surface area contributed by atoms with Gasteiger partial charge >= 0.3 is 0 Å². The number of piperidine rings is 1. The highest BCUT2D eigenvalue weighted by atomic mass is 16.5. The molecule has 8 heteroatoms. The van der Waals surface area contributed by atoms with E-state index in [0.717, 1.165) is 37.1 Å². The first-order valence-corrected chi connectivity index (χ1v) is 9.37. The highest BCUT2D eigenvalue weighted by Crippen LogP contribution is 2.35. The number of aromatic nitrogens is 1. The number of H-pyrrole nitrogens is 1. The molecule has 28 heavy (non-hydrogen) atoms. The lowest BCUT2D eigenvalue weighted by Crippen LogP contribution is -2.54. The van der Waals surface area contributed by atoms with E-state index in [2.05, 4.69) is 9.88 Å². The molecule has 8 nitrogen and oxygen atoms in total. The van der Waals surface area contributed by atoms with Gasteiger partial charge in [0.15, 0.2) is 5.43 Å². The molecule has 2 saturated heterocycles. The molecule has 0 aliphatic carbocycles. The summed E-state index contributed by atoms with van der Waals surface area (Å²) in [6.45, 7) is 2.34. The second kappa shape index (κ2) is 8.83. The molecular weight excluding hydrogens is 364 g/mol. The first-order valence-electron chi connectivity index (χ1n) is 9.37. The lowest BCUT2D eigenvalue weighted by Gasteiger charge is -2.46. The summed E-state index contributed by atoms with van der Waals surface area (Å²) >= 11 is 0. The van der Waals surface area contributed by atoms with Gasteiger partial charge in [0.05, 0.1) is 18.3 Å². The highest BCUT2D eigenvalue weighted by Gasteiger charge is 2.42. The van der Waals surface area contributed by atoms with Crippen molar-refractivity contribution in [2.75, 3.05) is 19.7 Å². The molecule has 1 aromatic carbocycles. The van der Waals surface area contributed by atoms with Crippen molar-refractivity contribution < 1.29 is 24.9 Å². The SMILES string of the molecule is O=CO.O=c1cc(CN2CCC3(CC2)C[C@@H](O)[C@@H](O)CO3)[nH]c2ccccc12. The number of aliphatic hydroxyl groups is 2. The largest absolute Gasteiger partial charge is 0.483 e. The van der Waals surface area contributed by atoms with Crippen LogP contribution in [-0.4, -0.2) is 69.2 Å². The molecule has 0 radical (unpaired) electrons. The number of hydrogen-bond donors (Lipinski definition) is 4. The topological polar surface area (TPSA) is 123 Å². The first kappa shape index (κ1) is 20.5. The normalized spacial score (nSPS) is 24.5. The van der Waals surface area contributed by atoms with Gasteiger partial charge in [0, 0.05) is 48.7 Å². The van der Waals surface area contributed by atoms with Crippen LogP contribution >= 0.6 is 0 Å². The molecule has 2 atom stereocenters. The monoisotopic (exact) mass is 390 g/mol. The number of pyridine rings is 1. The van der Waals surface area contributed by atoms with Crippen molar-refractivity contribution in [2.24, 2.45) is 0 Å². The molecule has 1 aromatic heterocycles. The van der Waals surface area contributed by atoms with Gasteiger partial charge < -0.3 is 25.0 Å². The Labute approximate surface area is 162 Å². The number of aliphatic hydroxyl groups excluding tert-OH is 2. The maximum Gasteiger partial charge on any atom is 0.290 e. The summed E-state index contributed by atoms with van der Waals surface area (Å²) in [4.78, 5) is 26.3. The van der Waals surface area contributed by atoms with Crippen LogP contribution in [0.5, 0.6) is 0 Å². The number of hydrogen-bond acceptors (Lipinski definition) is 6. The van der Waals surface area contributed by atoms with Gasteiger partial charge in [-0.2, -0.15) is 0 Å². The maximum atomic E-state index is 12.2. The molecule has 2 aromatic rings. The molecule has 0 saturated carbocycles. The van der Waals surface area contributed by atoms with E-state index in [1.165, 1.54) is 0 Å². The van der Waals surface area contributed by atoms with Crippen LogP contribution in [0.25, 0.3) is 10.9 Å². The second-order valence-electron chi connectivity index (χ2n) is 7.42. The summed E-state index contributed by atoms with van der Waals surface area (Å²) in [5.74, 6) is 0. The van der Waals surface area contributed by atoms with Crippen molar-refractivity contribution in [3.63, 3.8) is 0 Å². The highest BCUT2D eigenvalue weighted by molar-refractivity contribution is 5.78. The Morgan fingerprint density at radius 3 is 2.57 bits per heavy atom. The van der Waals surface area contributed by atoms with Crippen LogP contribution in [0.15, 0.2) is 35.1 Å². The minimum atomic E-state index is -0.772. The van der Waals surface area contributed by atoms with Crippen LogP contribution in [0.4, 0.5) is 0 Å². The van der Waals surface area contributed by atoms with Crippen molar-refractivity contribution in [3.8, 4) is 0 Å². The van der Waals surface area contributed by atoms with Gasteiger partial charge in [0.1, 0.15) is 6.10 Å². The number of nitrogens with zero attached hydrogens (tertiary/aromatic N) is 1. The standard InChI is InChI=1S/C19H24N2O4.CH2O2/c22-16-9-13(20-15-4-2-1-3-14(15)16)11-21-7-5-19(6-8-21)10-17(23)18(24)12-25-19;2-1-3/h1-4,9,17-18,23-24H,5-8,10-12H2,(H,20,22);1H,(H,2,3)/t17-,18+;/m1./s1. The molecule has 1 spiro atoms. The van der Waals surface area contributed by atoms with Crippen LogP contribution in [0.1, 0.15) is 25.0 Å². The Morgan fingerprint density at radius 2 is 1.89 bits per heavy atom. The van der Waals surface area contributed by atoms with E-state index in [-0.39, 0.29) is 24.1 Å². The molecule has 2 aliphatic heterocycles. The van der Waals surface area contributed by atoms with Gasteiger partial charge in [-0.25, -0.2) is 0 Å². The van der Waals surface area contributed by atoms with Crippen molar-refractivity contribution in [1.29, 1.82) is 0 Å². The summed E-state index contributed by atoms with van der Waals surface area (Å²) < 4.78 is 5.87. The Hall–Kier alpha value is -2.26. The summed E-state index contributed by atoms with van der Waals surface area (Å²) in [6, 6.07) is 9.24. The van der Waals surface area contributed by atoms with Crippen LogP contribution in [0.3, 0.4) is 0 Å². The summed E-state index contributed by atoms with van der Waals surface area (Å²) in [7, 11) is 0. The summed E-state index contributed by atoms with van der Waals surface area (Å²) in [5, 5.41) is 27.2. The van der Waals surface area contributed by atoms with Crippen LogP contribution < -0.4 is 5.43 Å². The number of ether oxygens (including phenoxy) is 1. The molecular formula is C20H26N2O6. The molecule has 0 unspecified atom stereocenters. The van der Waals surface area contributed by atoms with Gasteiger partial charge in [-0.15, -0.1) is 0 Å².